The Kier molecular flexibility index (Phi) is 6.36. The molecule has 172 valence electrons. The Labute approximate surface area is 212 Å². The number of carbonyl (C=O) groups excluding carboxylic acids is 1. The Morgan fingerprint density at radius 1 is 0.914 bits per heavy atom. The lowest BCUT2D eigenvalue weighted by Crippen LogP contribution is -2.18. The van der Waals surface area contributed by atoms with Crippen LogP contribution in [0.5, 0.6) is 0 Å². The van der Waals surface area contributed by atoms with Crippen LogP contribution < -0.4 is 5.43 Å². The second-order valence-electron chi connectivity index (χ2n) is 8.09. The number of aromatic nitrogens is 2. The molecule has 5 aromatic rings. The van der Waals surface area contributed by atoms with E-state index in [-0.39, 0.29) is 5.69 Å². The van der Waals surface area contributed by atoms with Crippen molar-refractivity contribution in [3.8, 4) is 16.9 Å². The SMILES string of the molecule is Cc1ccc(-n2nc(C(=O)N/N=C\c3ccc(Cl)cc3Cl)cc2-c2ccc3ccccc3c2)cc1. The van der Waals surface area contributed by atoms with Gasteiger partial charge in [-0.2, -0.15) is 10.2 Å². The maximum atomic E-state index is 12.9. The molecule has 1 amide bonds. The number of hydrazone groups is 1. The van der Waals surface area contributed by atoms with Gasteiger partial charge in [0.25, 0.3) is 5.91 Å². The molecule has 35 heavy (non-hydrogen) atoms. The number of hydrogen-bond acceptors (Lipinski definition) is 3. The van der Waals surface area contributed by atoms with Crippen LogP contribution in [0, 0.1) is 6.92 Å². The Hall–Kier alpha value is -3.93. The summed E-state index contributed by atoms with van der Waals surface area (Å²) in [4.78, 5) is 12.9. The van der Waals surface area contributed by atoms with Gasteiger partial charge < -0.3 is 0 Å². The van der Waals surface area contributed by atoms with E-state index in [1.807, 2.05) is 49.4 Å². The number of nitrogens with one attached hydrogen (secondary N) is 1. The molecule has 5 rings (SSSR count). The number of nitrogens with zero attached hydrogens (tertiary/aromatic N) is 3. The number of carbonyl (C=O) groups is 1. The standard InChI is InChI=1S/C28H20Cl2N4O/c1-18-6-12-24(13-7-18)34-27(21-9-8-19-4-2-3-5-20(19)14-21)16-26(33-34)28(35)32-31-17-22-10-11-23(29)15-25(22)30/h2-17H,1H3,(H,32,35)/b31-17-. The van der Waals surface area contributed by atoms with E-state index in [4.69, 9.17) is 23.2 Å². The van der Waals surface area contributed by atoms with Gasteiger partial charge in [-0.15, -0.1) is 0 Å². The topological polar surface area (TPSA) is 59.3 Å². The number of hydrogen-bond donors (Lipinski definition) is 1. The maximum absolute atomic E-state index is 12.9. The zero-order valence-electron chi connectivity index (χ0n) is 18.7. The highest BCUT2D eigenvalue weighted by Gasteiger charge is 2.17. The summed E-state index contributed by atoms with van der Waals surface area (Å²) in [6.45, 7) is 2.03. The third kappa shape index (κ3) is 4.97. The predicted octanol–water partition coefficient (Wildman–Crippen LogP) is 7.07. The molecular formula is C28H20Cl2N4O. The van der Waals surface area contributed by atoms with Gasteiger partial charge in [0.15, 0.2) is 5.69 Å². The molecule has 0 radical (unpaired) electrons. The number of rotatable bonds is 5. The largest absolute Gasteiger partial charge is 0.291 e. The molecule has 0 aliphatic heterocycles. The summed E-state index contributed by atoms with van der Waals surface area (Å²) in [6.07, 6.45) is 1.47. The van der Waals surface area contributed by atoms with Crippen molar-refractivity contribution in [3.63, 3.8) is 0 Å². The van der Waals surface area contributed by atoms with Gasteiger partial charge in [0.2, 0.25) is 0 Å². The third-order valence-corrected chi connectivity index (χ3v) is 6.16. The van der Waals surface area contributed by atoms with Crippen LogP contribution in [0.3, 0.4) is 0 Å². The van der Waals surface area contributed by atoms with Gasteiger partial charge in [0, 0.05) is 16.1 Å². The second kappa shape index (κ2) is 9.74. The lowest BCUT2D eigenvalue weighted by atomic mass is 10.0. The maximum Gasteiger partial charge on any atom is 0.291 e. The van der Waals surface area contributed by atoms with Gasteiger partial charge in [0.1, 0.15) is 0 Å². The second-order valence-corrected chi connectivity index (χ2v) is 8.93. The van der Waals surface area contributed by atoms with Crippen molar-refractivity contribution in [2.24, 2.45) is 5.10 Å². The number of halogens is 2. The van der Waals surface area contributed by atoms with Gasteiger partial charge in [-0.1, -0.05) is 83.4 Å². The Morgan fingerprint density at radius 2 is 1.69 bits per heavy atom. The van der Waals surface area contributed by atoms with Crippen LogP contribution in [0.15, 0.2) is 96.1 Å². The zero-order valence-corrected chi connectivity index (χ0v) is 20.3. The summed E-state index contributed by atoms with van der Waals surface area (Å²) in [6, 6.07) is 29.2. The molecule has 1 heterocycles. The molecule has 1 N–H and O–H groups in total. The average molecular weight is 499 g/mol. The fourth-order valence-corrected chi connectivity index (χ4v) is 4.21. The first-order valence-electron chi connectivity index (χ1n) is 10.9. The predicted molar refractivity (Wildman–Crippen MR) is 143 cm³/mol. The van der Waals surface area contributed by atoms with E-state index in [9.17, 15) is 4.79 Å². The Bertz CT molecular complexity index is 1570. The van der Waals surface area contributed by atoms with Crippen LogP contribution >= 0.6 is 23.2 Å². The van der Waals surface area contributed by atoms with Gasteiger partial charge in [-0.05, 0) is 54.1 Å². The van der Waals surface area contributed by atoms with E-state index < -0.39 is 5.91 Å². The quantitative estimate of drug-likeness (QED) is 0.208. The fraction of sp³-hybridized carbons (Fsp3) is 0.0357. The van der Waals surface area contributed by atoms with Gasteiger partial charge in [-0.25, -0.2) is 10.1 Å². The van der Waals surface area contributed by atoms with Crippen LogP contribution in [-0.2, 0) is 0 Å². The zero-order chi connectivity index (χ0) is 24.4. The first-order chi connectivity index (χ1) is 17.0. The molecule has 1 aromatic heterocycles. The molecule has 0 bridgehead atoms. The van der Waals surface area contributed by atoms with Crippen molar-refractivity contribution < 1.29 is 4.79 Å². The molecule has 0 aliphatic rings. The fourth-order valence-electron chi connectivity index (χ4n) is 3.75. The summed E-state index contributed by atoms with van der Waals surface area (Å²) in [5, 5.41) is 11.9. The van der Waals surface area contributed by atoms with Crippen molar-refractivity contribution in [1.82, 2.24) is 15.2 Å². The van der Waals surface area contributed by atoms with Crippen LogP contribution in [0.25, 0.3) is 27.7 Å². The van der Waals surface area contributed by atoms with Crippen molar-refractivity contribution >= 4 is 46.1 Å². The smallest absolute Gasteiger partial charge is 0.265 e. The number of benzene rings is 4. The van der Waals surface area contributed by atoms with E-state index in [1.165, 1.54) is 6.21 Å². The van der Waals surface area contributed by atoms with Gasteiger partial charge in [-0.3, -0.25) is 4.79 Å². The summed E-state index contributed by atoms with van der Waals surface area (Å²) in [7, 11) is 0. The number of aryl methyl sites for hydroxylation is 1. The summed E-state index contributed by atoms with van der Waals surface area (Å²) >= 11 is 12.1. The molecule has 7 heteroatoms. The van der Waals surface area contributed by atoms with E-state index in [1.54, 1.807) is 28.9 Å². The highest BCUT2D eigenvalue weighted by Crippen LogP contribution is 2.28. The average Bonchev–Trinajstić information content (AvgIpc) is 3.31. The number of amides is 1. The molecule has 0 atom stereocenters. The van der Waals surface area contributed by atoms with Crippen molar-refractivity contribution in [2.45, 2.75) is 6.92 Å². The van der Waals surface area contributed by atoms with Gasteiger partial charge >= 0.3 is 0 Å². The monoisotopic (exact) mass is 498 g/mol. The summed E-state index contributed by atoms with van der Waals surface area (Å²) in [5.74, 6) is -0.431. The highest BCUT2D eigenvalue weighted by molar-refractivity contribution is 6.36. The van der Waals surface area contributed by atoms with E-state index in [0.717, 1.165) is 33.3 Å². The summed E-state index contributed by atoms with van der Waals surface area (Å²) in [5.41, 5.74) is 7.16. The van der Waals surface area contributed by atoms with Crippen LogP contribution in [-0.4, -0.2) is 21.9 Å². The van der Waals surface area contributed by atoms with E-state index >= 15 is 0 Å². The molecule has 0 aliphatic carbocycles. The molecular weight excluding hydrogens is 479 g/mol. The van der Waals surface area contributed by atoms with Crippen LogP contribution in [0.2, 0.25) is 10.0 Å². The van der Waals surface area contributed by atoms with Gasteiger partial charge in [0.05, 0.1) is 22.6 Å². The highest BCUT2D eigenvalue weighted by atomic mass is 35.5. The lowest BCUT2D eigenvalue weighted by molar-refractivity contribution is 0.0949. The Balaban J connectivity index is 1.49. The Morgan fingerprint density at radius 3 is 2.46 bits per heavy atom. The van der Waals surface area contributed by atoms with Crippen molar-refractivity contribution in [3.05, 3.63) is 118 Å². The van der Waals surface area contributed by atoms with Crippen LogP contribution in [0.4, 0.5) is 0 Å². The molecule has 0 spiro atoms. The molecule has 0 fully saturated rings. The minimum Gasteiger partial charge on any atom is -0.265 e. The van der Waals surface area contributed by atoms with E-state index in [0.29, 0.717) is 15.6 Å². The lowest BCUT2D eigenvalue weighted by Gasteiger charge is -2.09. The minimum absolute atomic E-state index is 0.244. The first kappa shape index (κ1) is 22.8. The summed E-state index contributed by atoms with van der Waals surface area (Å²) < 4.78 is 1.78. The molecule has 0 saturated carbocycles. The molecule has 4 aromatic carbocycles. The first-order valence-corrected chi connectivity index (χ1v) is 11.7. The molecule has 5 nitrogen and oxygen atoms in total. The van der Waals surface area contributed by atoms with Crippen molar-refractivity contribution in [1.29, 1.82) is 0 Å². The minimum atomic E-state index is -0.431. The number of fused-ring (bicyclic) bond motifs is 1. The normalized spacial score (nSPS) is 11.3. The molecule has 0 saturated heterocycles. The van der Waals surface area contributed by atoms with E-state index in [2.05, 4.69) is 39.9 Å². The van der Waals surface area contributed by atoms with Crippen molar-refractivity contribution in [2.75, 3.05) is 0 Å². The molecule has 0 unspecified atom stereocenters. The van der Waals surface area contributed by atoms with Crippen LogP contribution in [0.1, 0.15) is 21.6 Å². The third-order valence-electron chi connectivity index (χ3n) is 5.60.